The molecule has 1 atom stereocenters. The number of aromatic nitrogens is 4. The van der Waals surface area contributed by atoms with Crippen LogP contribution >= 0.6 is 0 Å². The average molecular weight is 299 g/mol. The Labute approximate surface area is 127 Å². The van der Waals surface area contributed by atoms with Crippen LogP contribution in [0.3, 0.4) is 0 Å². The van der Waals surface area contributed by atoms with Gasteiger partial charge in [-0.3, -0.25) is 5.32 Å². The van der Waals surface area contributed by atoms with Crippen molar-refractivity contribution in [3.05, 3.63) is 59.3 Å². The van der Waals surface area contributed by atoms with Gasteiger partial charge < -0.3 is 9.05 Å². The van der Waals surface area contributed by atoms with E-state index in [2.05, 4.69) is 25.6 Å². The van der Waals surface area contributed by atoms with Crippen LogP contribution in [-0.4, -0.2) is 20.3 Å². The Kier molecular flexibility index (Phi) is 4.24. The van der Waals surface area contributed by atoms with E-state index in [9.17, 15) is 0 Å². The van der Waals surface area contributed by atoms with Gasteiger partial charge in [0.2, 0.25) is 11.8 Å². The van der Waals surface area contributed by atoms with Gasteiger partial charge in [0, 0.05) is 13.3 Å². The average Bonchev–Trinajstić information content (AvgIpc) is 3.15. The van der Waals surface area contributed by atoms with Crippen LogP contribution in [0, 0.1) is 6.92 Å². The summed E-state index contributed by atoms with van der Waals surface area (Å²) in [7, 11) is 0. The second-order valence-electron chi connectivity index (χ2n) is 5.04. The first-order valence-corrected chi connectivity index (χ1v) is 7.09. The van der Waals surface area contributed by atoms with E-state index in [1.54, 1.807) is 6.92 Å². The number of hydrogen-bond donors (Lipinski definition) is 1. The molecule has 0 aliphatic carbocycles. The zero-order valence-electron chi connectivity index (χ0n) is 12.5. The molecular weight excluding hydrogens is 282 g/mol. The molecule has 22 heavy (non-hydrogen) atoms. The molecule has 7 heteroatoms. The highest BCUT2D eigenvalue weighted by Crippen LogP contribution is 2.12. The van der Waals surface area contributed by atoms with Gasteiger partial charge in [-0.1, -0.05) is 40.6 Å². The molecule has 1 aromatic carbocycles. The largest absolute Gasteiger partial charge is 0.340 e. The fraction of sp³-hybridized carbons (Fsp3) is 0.333. The highest BCUT2D eigenvalue weighted by molar-refractivity contribution is 5.18. The molecule has 114 valence electrons. The van der Waals surface area contributed by atoms with E-state index in [1.807, 2.05) is 37.3 Å². The molecule has 0 aliphatic heterocycles. The lowest BCUT2D eigenvalue weighted by molar-refractivity contribution is 0.332. The standard InChI is InChI=1S/C15H17N5O2/c1-10(16-9-14-17-11(2)21-20-14)15-18-13(19-22-15)8-12-6-4-3-5-7-12/h3-7,10,16H,8-9H2,1-2H3. The van der Waals surface area contributed by atoms with Crippen molar-refractivity contribution in [2.45, 2.75) is 32.9 Å². The second kappa shape index (κ2) is 6.48. The fourth-order valence-electron chi connectivity index (χ4n) is 2.04. The van der Waals surface area contributed by atoms with E-state index in [0.29, 0.717) is 36.4 Å². The number of hydrogen-bond acceptors (Lipinski definition) is 7. The van der Waals surface area contributed by atoms with Crippen molar-refractivity contribution in [1.29, 1.82) is 0 Å². The van der Waals surface area contributed by atoms with Gasteiger partial charge in [0.05, 0.1) is 12.6 Å². The third kappa shape index (κ3) is 3.56. The number of aryl methyl sites for hydroxylation is 1. The minimum absolute atomic E-state index is 0.0872. The third-order valence-electron chi connectivity index (χ3n) is 3.20. The lowest BCUT2D eigenvalue weighted by Crippen LogP contribution is -2.19. The van der Waals surface area contributed by atoms with Crippen molar-refractivity contribution in [3.63, 3.8) is 0 Å². The van der Waals surface area contributed by atoms with Gasteiger partial charge in [0.1, 0.15) is 0 Å². The maximum absolute atomic E-state index is 5.30. The highest BCUT2D eigenvalue weighted by Gasteiger charge is 2.15. The van der Waals surface area contributed by atoms with Crippen molar-refractivity contribution < 1.29 is 9.05 Å². The summed E-state index contributed by atoms with van der Waals surface area (Å²) >= 11 is 0. The minimum Gasteiger partial charge on any atom is -0.340 e. The SMILES string of the molecule is Cc1nc(CNC(C)c2nc(Cc3ccccc3)no2)no1. The molecule has 0 spiro atoms. The minimum atomic E-state index is -0.0872. The first-order valence-electron chi connectivity index (χ1n) is 7.09. The monoisotopic (exact) mass is 299 g/mol. The maximum atomic E-state index is 5.30. The van der Waals surface area contributed by atoms with Crippen LogP contribution in [0.2, 0.25) is 0 Å². The Bertz CT molecular complexity index is 722. The van der Waals surface area contributed by atoms with Crippen molar-refractivity contribution in [2.75, 3.05) is 0 Å². The second-order valence-corrected chi connectivity index (χ2v) is 5.04. The first-order chi connectivity index (χ1) is 10.7. The van der Waals surface area contributed by atoms with Crippen molar-refractivity contribution >= 4 is 0 Å². The smallest absolute Gasteiger partial charge is 0.243 e. The van der Waals surface area contributed by atoms with Crippen LogP contribution in [0.4, 0.5) is 0 Å². The van der Waals surface area contributed by atoms with Crippen LogP contribution < -0.4 is 5.32 Å². The molecule has 0 saturated heterocycles. The number of nitrogens with zero attached hydrogens (tertiary/aromatic N) is 4. The van der Waals surface area contributed by atoms with Crippen LogP contribution in [0.1, 0.15) is 42.0 Å². The molecule has 0 radical (unpaired) electrons. The van der Waals surface area contributed by atoms with Gasteiger partial charge in [-0.15, -0.1) is 0 Å². The lowest BCUT2D eigenvalue weighted by atomic mass is 10.1. The molecule has 2 aromatic heterocycles. The zero-order valence-corrected chi connectivity index (χ0v) is 12.5. The Hall–Kier alpha value is -2.54. The summed E-state index contributed by atoms with van der Waals surface area (Å²) in [6.45, 7) is 4.19. The Morgan fingerprint density at radius 2 is 1.82 bits per heavy atom. The molecule has 0 saturated carbocycles. The first kappa shape index (κ1) is 14.4. The van der Waals surface area contributed by atoms with Crippen molar-refractivity contribution in [3.8, 4) is 0 Å². The Morgan fingerprint density at radius 1 is 1.05 bits per heavy atom. The molecule has 0 bridgehead atoms. The molecule has 0 amide bonds. The predicted molar refractivity (Wildman–Crippen MR) is 77.8 cm³/mol. The highest BCUT2D eigenvalue weighted by atomic mass is 16.5. The molecule has 3 rings (SSSR count). The van der Waals surface area contributed by atoms with Crippen molar-refractivity contribution in [2.24, 2.45) is 0 Å². The summed E-state index contributed by atoms with van der Waals surface area (Å²) in [5.41, 5.74) is 1.15. The summed E-state index contributed by atoms with van der Waals surface area (Å²) < 4.78 is 10.2. The van der Waals surface area contributed by atoms with Crippen molar-refractivity contribution in [1.82, 2.24) is 25.6 Å². The molecule has 1 unspecified atom stereocenters. The van der Waals surface area contributed by atoms with Gasteiger partial charge in [0.25, 0.3) is 0 Å². The summed E-state index contributed by atoms with van der Waals surface area (Å²) in [6, 6.07) is 9.96. The quantitative estimate of drug-likeness (QED) is 0.746. The Morgan fingerprint density at radius 3 is 2.55 bits per heavy atom. The predicted octanol–water partition coefficient (Wildman–Crippen LogP) is 2.20. The van der Waals surface area contributed by atoms with Gasteiger partial charge in [0.15, 0.2) is 11.6 Å². The van der Waals surface area contributed by atoms with E-state index in [1.165, 1.54) is 0 Å². The summed E-state index contributed by atoms with van der Waals surface area (Å²) in [5, 5.41) is 11.1. The van der Waals surface area contributed by atoms with E-state index >= 15 is 0 Å². The van der Waals surface area contributed by atoms with Crippen LogP contribution in [0.25, 0.3) is 0 Å². The third-order valence-corrected chi connectivity index (χ3v) is 3.20. The molecule has 2 heterocycles. The maximum Gasteiger partial charge on any atom is 0.243 e. The number of rotatable bonds is 6. The summed E-state index contributed by atoms with van der Waals surface area (Å²) in [6.07, 6.45) is 0.654. The molecular formula is C15H17N5O2. The molecule has 1 N–H and O–H groups in total. The molecule has 3 aromatic rings. The molecule has 0 aliphatic rings. The van der Waals surface area contributed by atoms with E-state index in [-0.39, 0.29) is 6.04 Å². The van der Waals surface area contributed by atoms with E-state index in [0.717, 1.165) is 5.56 Å². The number of benzene rings is 1. The number of nitrogens with one attached hydrogen (secondary N) is 1. The van der Waals surface area contributed by atoms with E-state index in [4.69, 9.17) is 9.05 Å². The summed E-state index contributed by atoms with van der Waals surface area (Å²) in [5.74, 6) is 2.37. The van der Waals surface area contributed by atoms with Gasteiger partial charge in [-0.05, 0) is 12.5 Å². The van der Waals surface area contributed by atoms with Crippen LogP contribution in [-0.2, 0) is 13.0 Å². The Balaban J connectivity index is 1.58. The molecule has 7 nitrogen and oxygen atoms in total. The zero-order chi connectivity index (χ0) is 15.4. The normalized spacial score (nSPS) is 12.5. The molecule has 0 fully saturated rings. The fourth-order valence-corrected chi connectivity index (χ4v) is 2.04. The van der Waals surface area contributed by atoms with Crippen LogP contribution in [0.5, 0.6) is 0 Å². The van der Waals surface area contributed by atoms with Gasteiger partial charge in [-0.2, -0.15) is 9.97 Å². The van der Waals surface area contributed by atoms with Gasteiger partial charge in [-0.25, -0.2) is 0 Å². The van der Waals surface area contributed by atoms with E-state index < -0.39 is 0 Å². The summed E-state index contributed by atoms with van der Waals surface area (Å²) in [4.78, 5) is 8.55. The topological polar surface area (TPSA) is 89.9 Å². The van der Waals surface area contributed by atoms with Crippen LogP contribution in [0.15, 0.2) is 39.4 Å². The lowest BCUT2D eigenvalue weighted by Gasteiger charge is -2.06. The van der Waals surface area contributed by atoms with Gasteiger partial charge >= 0.3 is 0 Å².